The Balaban J connectivity index is 1.88. The molecule has 0 saturated carbocycles. The predicted molar refractivity (Wildman–Crippen MR) is 87.6 cm³/mol. The molecule has 1 atom stereocenters. The van der Waals surface area contributed by atoms with Crippen molar-refractivity contribution in [1.29, 1.82) is 0 Å². The zero-order valence-corrected chi connectivity index (χ0v) is 13.9. The number of carbonyl (C=O) groups is 1. The second-order valence-corrected chi connectivity index (χ2v) is 5.46. The van der Waals surface area contributed by atoms with E-state index in [1.165, 1.54) is 0 Å². The van der Waals surface area contributed by atoms with Gasteiger partial charge in [0.05, 0.1) is 19.8 Å². The van der Waals surface area contributed by atoms with Gasteiger partial charge in [-0.1, -0.05) is 12.1 Å². The lowest BCUT2D eigenvalue weighted by Crippen LogP contribution is -2.51. The van der Waals surface area contributed by atoms with Gasteiger partial charge >= 0.3 is 0 Å². The number of ether oxygens (including phenoxy) is 3. The SMILES string of the molecule is CCOCCOc1cc(C)ccc1CNC(=O)C1COCCN1. The number of hydrogen-bond donors (Lipinski definition) is 2. The molecule has 0 aliphatic carbocycles. The van der Waals surface area contributed by atoms with Crippen LogP contribution in [0.25, 0.3) is 0 Å². The van der Waals surface area contributed by atoms with Gasteiger partial charge in [-0.25, -0.2) is 0 Å². The minimum Gasteiger partial charge on any atom is -0.491 e. The highest BCUT2D eigenvalue weighted by Gasteiger charge is 2.21. The molecule has 0 radical (unpaired) electrons. The molecule has 2 rings (SSSR count). The van der Waals surface area contributed by atoms with Crippen molar-refractivity contribution in [1.82, 2.24) is 10.6 Å². The largest absolute Gasteiger partial charge is 0.491 e. The smallest absolute Gasteiger partial charge is 0.239 e. The molecule has 2 N–H and O–H groups in total. The van der Waals surface area contributed by atoms with E-state index in [4.69, 9.17) is 14.2 Å². The first-order valence-electron chi connectivity index (χ1n) is 8.09. The van der Waals surface area contributed by atoms with Crippen LogP contribution >= 0.6 is 0 Å². The number of rotatable bonds is 8. The highest BCUT2D eigenvalue weighted by Crippen LogP contribution is 2.20. The Bertz CT molecular complexity index is 501. The van der Waals surface area contributed by atoms with Crippen molar-refractivity contribution < 1.29 is 19.0 Å². The molecular weight excluding hydrogens is 296 g/mol. The van der Waals surface area contributed by atoms with E-state index in [1.807, 2.05) is 32.0 Å². The number of aryl methyl sites for hydroxylation is 1. The molecule has 128 valence electrons. The molecule has 1 aromatic rings. The van der Waals surface area contributed by atoms with Crippen molar-refractivity contribution in [2.24, 2.45) is 0 Å². The standard InChI is InChI=1S/C17H26N2O4/c1-3-21-8-9-23-16-10-13(2)4-5-14(16)11-19-17(20)15-12-22-7-6-18-15/h4-5,10,15,18H,3,6-9,11-12H2,1-2H3,(H,19,20). The van der Waals surface area contributed by atoms with Crippen LogP contribution in [0.4, 0.5) is 0 Å². The first kappa shape index (κ1) is 17.7. The molecule has 6 nitrogen and oxygen atoms in total. The van der Waals surface area contributed by atoms with Gasteiger partial charge in [-0.05, 0) is 25.5 Å². The fourth-order valence-electron chi connectivity index (χ4n) is 2.34. The highest BCUT2D eigenvalue weighted by molar-refractivity contribution is 5.82. The van der Waals surface area contributed by atoms with Crippen LogP contribution in [0, 0.1) is 6.92 Å². The van der Waals surface area contributed by atoms with Crippen molar-refractivity contribution in [3.05, 3.63) is 29.3 Å². The molecule has 1 aliphatic rings. The zero-order chi connectivity index (χ0) is 16.5. The molecule has 23 heavy (non-hydrogen) atoms. The molecule has 1 saturated heterocycles. The lowest BCUT2D eigenvalue weighted by atomic mass is 10.1. The average molecular weight is 322 g/mol. The number of benzene rings is 1. The summed E-state index contributed by atoms with van der Waals surface area (Å²) in [6.07, 6.45) is 0. The van der Waals surface area contributed by atoms with Crippen LogP contribution in [-0.2, 0) is 20.8 Å². The van der Waals surface area contributed by atoms with Crippen LogP contribution in [0.3, 0.4) is 0 Å². The van der Waals surface area contributed by atoms with Gasteiger partial charge in [0.2, 0.25) is 5.91 Å². The van der Waals surface area contributed by atoms with Crippen molar-refractivity contribution in [3.8, 4) is 5.75 Å². The van der Waals surface area contributed by atoms with Crippen molar-refractivity contribution in [2.45, 2.75) is 26.4 Å². The average Bonchev–Trinajstić information content (AvgIpc) is 2.58. The Morgan fingerprint density at radius 2 is 2.30 bits per heavy atom. The van der Waals surface area contributed by atoms with Gasteiger partial charge in [0.1, 0.15) is 18.4 Å². The summed E-state index contributed by atoms with van der Waals surface area (Å²) < 4.78 is 16.4. The van der Waals surface area contributed by atoms with E-state index in [0.29, 0.717) is 46.1 Å². The number of morpholine rings is 1. The number of carbonyl (C=O) groups excluding carboxylic acids is 1. The molecule has 0 aromatic heterocycles. The quantitative estimate of drug-likeness (QED) is 0.699. The minimum absolute atomic E-state index is 0.0504. The molecule has 1 amide bonds. The summed E-state index contributed by atoms with van der Waals surface area (Å²) >= 11 is 0. The van der Waals surface area contributed by atoms with E-state index in [-0.39, 0.29) is 11.9 Å². The third-order valence-electron chi connectivity index (χ3n) is 3.60. The maximum Gasteiger partial charge on any atom is 0.239 e. The summed E-state index contributed by atoms with van der Waals surface area (Å²) in [6.45, 7) is 7.90. The number of nitrogens with one attached hydrogen (secondary N) is 2. The van der Waals surface area contributed by atoms with E-state index in [2.05, 4.69) is 10.6 Å². The third-order valence-corrected chi connectivity index (χ3v) is 3.60. The lowest BCUT2D eigenvalue weighted by Gasteiger charge is -2.23. The normalized spacial score (nSPS) is 17.7. The third kappa shape index (κ3) is 5.82. The Hall–Kier alpha value is -1.63. The molecule has 1 aliphatic heterocycles. The molecular formula is C17H26N2O4. The van der Waals surface area contributed by atoms with Gasteiger partial charge in [0.15, 0.2) is 0 Å². The summed E-state index contributed by atoms with van der Waals surface area (Å²) in [7, 11) is 0. The van der Waals surface area contributed by atoms with Crippen LogP contribution < -0.4 is 15.4 Å². The molecule has 6 heteroatoms. The second-order valence-electron chi connectivity index (χ2n) is 5.46. The molecule has 1 unspecified atom stereocenters. The number of hydrogen-bond acceptors (Lipinski definition) is 5. The fraction of sp³-hybridized carbons (Fsp3) is 0.588. The highest BCUT2D eigenvalue weighted by atomic mass is 16.5. The van der Waals surface area contributed by atoms with Gasteiger partial charge < -0.3 is 24.8 Å². The van der Waals surface area contributed by atoms with Crippen molar-refractivity contribution in [3.63, 3.8) is 0 Å². The van der Waals surface area contributed by atoms with Crippen molar-refractivity contribution >= 4 is 5.91 Å². The Morgan fingerprint density at radius 3 is 3.04 bits per heavy atom. The first-order chi connectivity index (χ1) is 11.2. The summed E-state index contributed by atoms with van der Waals surface area (Å²) in [5.41, 5.74) is 2.08. The molecule has 0 bridgehead atoms. The lowest BCUT2D eigenvalue weighted by molar-refractivity contribution is -0.126. The van der Waals surface area contributed by atoms with Gasteiger partial charge in [0.25, 0.3) is 0 Å². The maximum absolute atomic E-state index is 12.1. The van der Waals surface area contributed by atoms with Crippen LogP contribution in [0.2, 0.25) is 0 Å². The van der Waals surface area contributed by atoms with E-state index in [1.54, 1.807) is 0 Å². The molecule has 0 spiro atoms. The van der Waals surface area contributed by atoms with E-state index in [0.717, 1.165) is 16.9 Å². The van der Waals surface area contributed by atoms with Crippen LogP contribution in [0.1, 0.15) is 18.1 Å². The fourth-order valence-corrected chi connectivity index (χ4v) is 2.34. The molecule has 1 aromatic carbocycles. The second kappa shape index (κ2) is 9.50. The van der Waals surface area contributed by atoms with Crippen LogP contribution in [0.5, 0.6) is 5.75 Å². The van der Waals surface area contributed by atoms with Crippen LogP contribution in [-0.4, -0.2) is 51.5 Å². The monoisotopic (exact) mass is 322 g/mol. The van der Waals surface area contributed by atoms with Crippen LogP contribution in [0.15, 0.2) is 18.2 Å². The minimum atomic E-state index is -0.281. The number of amides is 1. The topological polar surface area (TPSA) is 68.8 Å². The summed E-state index contributed by atoms with van der Waals surface area (Å²) in [4.78, 5) is 12.1. The zero-order valence-electron chi connectivity index (χ0n) is 13.9. The molecule has 1 heterocycles. The van der Waals surface area contributed by atoms with Gasteiger partial charge in [0, 0.05) is 25.3 Å². The van der Waals surface area contributed by atoms with E-state index < -0.39 is 0 Å². The summed E-state index contributed by atoms with van der Waals surface area (Å²) in [5, 5.41) is 6.08. The van der Waals surface area contributed by atoms with Gasteiger partial charge in [-0.3, -0.25) is 4.79 Å². The molecule has 1 fully saturated rings. The Labute approximate surface area is 137 Å². The summed E-state index contributed by atoms with van der Waals surface area (Å²) in [5.74, 6) is 0.739. The van der Waals surface area contributed by atoms with E-state index >= 15 is 0 Å². The Morgan fingerprint density at radius 1 is 1.43 bits per heavy atom. The van der Waals surface area contributed by atoms with Gasteiger partial charge in [-0.2, -0.15) is 0 Å². The summed E-state index contributed by atoms with van der Waals surface area (Å²) in [6, 6.07) is 5.70. The first-order valence-corrected chi connectivity index (χ1v) is 8.09. The Kier molecular flexibility index (Phi) is 7.32. The van der Waals surface area contributed by atoms with Crippen molar-refractivity contribution in [2.75, 3.05) is 39.6 Å². The predicted octanol–water partition coefficient (Wildman–Crippen LogP) is 1.01. The maximum atomic E-state index is 12.1. The van der Waals surface area contributed by atoms with E-state index in [9.17, 15) is 4.79 Å². The van der Waals surface area contributed by atoms with Gasteiger partial charge in [-0.15, -0.1) is 0 Å².